The number of anilines is 3. The normalized spacial score (nSPS) is 10.1. The van der Waals surface area contributed by atoms with Crippen molar-refractivity contribution in [2.75, 3.05) is 17.7 Å². The Labute approximate surface area is 167 Å². The molecule has 28 heavy (non-hydrogen) atoms. The Balaban J connectivity index is 1.86. The minimum atomic E-state index is -0.415. The Hall–Kier alpha value is -3.63. The maximum atomic E-state index is 12.6. The fourth-order valence-electron chi connectivity index (χ4n) is 2.53. The quantitative estimate of drug-likeness (QED) is 0.669. The van der Waals surface area contributed by atoms with Crippen molar-refractivity contribution in [2.45, 2.75) is 6.92 Å². The number of ether oxygens (including phenoxy) is 1. The molecule has 0 aliphatic rings. The van der Waals surface area contributed by atoms with Gasteiger partial charge in [-0.1, -0.05) is 17.7 Å². The number of amides is 1. The summed E-state index contributed by atoms with van der Waals surface area (Å²) in [5, 5.41) is 15.3. The molecule has 3 rings (SSSR count). The summed E-state index contributed by atoms with van der Waals surface area (Å²) in [6, 6.07) is 15.3. The molecule has 7 nitrogen and oxygen atoms in total. The molecule has 3 aromatic rings. The number of rotatable bonds is 5. The molecular formula is C20H16ClN5O2. The van der Waals surface area contributed by atoms with Gasteiger partial charge in [-0.3, -0.25) is 4.79 Å². The molecule has 1 aromatic heterocycles. The van der Waals surface area contributed by atoms with Crippen LogP contribution < -0.4 is 15.4 Å². The molecule has 0 radical (unpaired) electrons. The third-order valence-electron chi connectivity index (χ3n) is 3.74. The summed E-state index contributed by atoms with van der Waals surface area (Å²) < 4.78 is 5.31. The molecule has 1 amide bonds. The third-order valence-corrected chi connectivity index (χ3v) is 3.98. The standard InChI is InChI=1S/C20H16ClN5O2/c1-12-23-17(20(27)25-15-5-3-4-13(8-15)11-22)10-19(24-12)26-16-9-14(21)6-7-18(16)28-2/h3-10H,1-2H3,(H,25,27)(H,23,24,26). The Morgan fingerprint density at radius 3 is 2.75 bits per heavy atom. The topological polar surface area (TPSA) is 99.9 Å². The van der Waals surface area contributed by atoms with E-state index in [-0.39, 0.29) is 5.69 Å². The van der Waals surface area contributed by atoms with Crippen LogP contribution in [-0.2, 0) is 0 Å². The predicted octanol–water partition coefficient (Wildman–Crippen LogP) is 4.31. The lowest BCUT2D eigenvalue weighted by molar-refractivity contribution is 0.102. The van der Waals surface area contributed by atoms with Crippen LogP contribution in [0.3, 0.4) is 0 Å². The maximum Gasteiger partial charge on any atom is 0.274 e. The fraction of sp³-hybridized carbons (Fsp3) is 0.100. The lowest BCUT2D eigenvalue weighted by Gasteiger charge is -2.12. The van der Waals surface area contributed by atoms with E-state index in [0.29, 0.717) is 39.4 Å². The van der Waals surface area contributed by atoms with E-state index in [4.69, 9.17) is 21.6 Å². The number of aromatic nitrogens is 2. The van der Waals surface area contributed by atoms with Gasteiger partial charge in [-0.2, -0.15) is 5.26 Å². The number of nitrogens with zero attached hydrogens (tertiary/aromatic N) is 3. The van der Waals surface area contributed by atoms with Gasteiger partial charge in [0.05, 0.1) is 24.4 Å². The van der Waals surface area contributed by atoms with Crippen molar-refractivity contribution in [3.05, 3.63) is 70.6 Å². The number of benzene rings is 2. The first-order valence-electron chi connectivity index (χ1n) is 8.26. The number of carbonyl (C=O) groups excluding carboxylic acids is 1. The maximum absolute atomic E-state index is 12.6. The second kappa shape index (κ2) is 8.37. The number of hydrogen-bond donors (Lipinski definition) is 2. The number of methoxy groups -OCH3 is 1. The number of aryl methyl sites for hydroxylation is 1. The summed E-state index contributed by atoms with van der Waals surface area (Å²) in [5.74, 6) is 1.01. The van der Waals surface area contributed by atoms with Crippen molar-refractivity contribution in [1.82, 2.24) is 9.97 Å². The largest absolute Gasteiger partial charge is 0.495 e. The van der Waals surface area contributed by atoms with E-state index < -0.39 is 5.91 Å². The van der Waals surface area contributed by atoms with Gasteiger partial charge in [0.15, 0.2) is 0 Å². The highest BCUT2D eigenvalue weighted by atomic mass is 35.5. The van der Waals surface area contributed by atoms with Gasteiger partial charge in [-0.05, 0) is 43.3 Å². The molecule has 2 aromatic carbocycles. The summed E-state index contributed by atoms with van der Waals surface area (Å²) >= 11 is 6.05. The second-order valence-corrected chi connectivity index (χ2v) is 6.24. The van der Waals surface area contributed by atoms with E-state index in [9.17, 15) is 4.79 Å². The summed E-state index contributed by atoms with van der Waals surface area (Å²) in [6.07, 6.45) is 0. The number of nitriles is 1. The highest BCUT2D eigenvalue weighted by Crippen LogP contribution is 2.30. The zero-order valence-electron chi connectivity index (χ0n) is 15.2. The second-order valence-electron chi connectivity index (χ2n) is 5.80. The minimum Gasteiger partial charge on any atom is -0.495 e. The molecule has 0 saturated carbocycles. The molecule has 0 spiro atoms. The smallest absolute Gasteiger partial charge is 0.274 e. The van der Waals surface area contributed by atoms with Crippen LogP contribution in [0.15, 0.2) is 48.5 Å². The van der Waals surface area contributed by atoms with Gasteiger partial charge < -0.3 is 15.4 Å². The molecule has 2 N–H and O–H groups in total. The van der Waals surface area contributed by atoms with Crippen molar-refractivity contribution < 1.29 is 9.53 Å². The van der Waals surface area contributed by atoms with Crippen molar-refractivity contribution in [2.24, 2.45) is 0 Å². The van der Waals surface area contributed by atoms with Gasteiger partial charge in [0.1, 0.15) is 23.1 Å². The van der Waals surface area contributed by atoms with Gasteiger partial charge in [0, 0.05) is 16.8 Å². The Morgan fingerprint density at radius 2 is 2.00 bits per heavy atom. The average Bonchev–Trinajstić information content (AvgIpc) is 2.68. The molecule has 0 unspecified atom stereocenters. The number of halogens is 1. The summed E-state index contributed by atoms with van der Waals surface area (Å²) in [5.41, 5.74) is 1.75. The molecule has 140 valence electrons. The van der Waals surface area contributed by atoms with E-state index in [1.54, 1.807) is 56.5 Å². The van der Waals surface area contributed by atoms with Crippen LogP contribution in [0.1, 0.15) is 21.9 Å². The van der Waals surface area contributed by atoms with Gasteiger partial charge in [0.25, 0.3) is 5.91 Å². The van der Waals surface area contributed by atoms with Gasteiger partial charge in [-0.25, -0.2) is 9.97 Å². The molecule has 1 heterocycles. The fourth-order valence-corrected chi connectivity index (χ4v) is 2.70. The first kappa shape index (κ1) is 19.1. The molecule has 0 aliphatic heterocycles. The van der Waals surface area contributed by atoms with E-state index in [1.165, 1.54) is 6.07 Å². The van der Waals surface area contributed by atoms with Crippen LogP contribution >= 0.6 is 11.6 Å². The number of hydrogen-bond acceptors (Lipinski definition) is 6. The highest BCUT2D eigenvalue weighted by Gasteiger charge is 2.13. The number of carbonyl (C=O) groups is 1. The molecule has 8 heteroatoms. The van der Waals surface area contributed by atoms with Crippen molar-refractivity contribution in [3.63, 3.8) is 0 Å². The van der Waals surface area contributed by atoms with Gasteiger partial charge in [-0.15, -0.1) is 0 Å². The summed E-state index contributed by atoms with van der Waals surface area (Å²) in [6.45, 7) is 1.69. The first-order chi connectivity index (χ1) is 13.5. The molecule has 0 atom stereocenters. The summed E-state index contributed by atoms with van der Waals surface area (Å²) in [4.78, 5) is 21.1. The van der Waals surface area contributed by atoms with Crippen LogP contribution in [0.2, 0.25) is 5.02 Å². The van der Waals surface area contributed by atoms with Gasteiger partial charge >= 0.3 is 0 Å². The average molecular weight is 394 g/mol. The monoisotopic (exact) mass is 393 g/mol. The van der Waals surface area contributed by atoms with Crippen LogP contribution in [0.4, 0.5) is 17.2 Å². The van der Waals surface area contributed by atoms with E-state index in [0.717, 1.165) is 0 Å². The minimum absolute atomic E-state index is 0.179. The first-order valence-corrected chi connectivity index (χ1v) is 8.64. The van der Waals surface area contributed by atoms with Crippen LogP contribution in [0.5, 0.6) is 5.75 Å². The van der Waals surface area contributed by atoms with Gasteiger partial charge in [0.2, 0.25) is 0 Å². The predicted molar refractivity (Wildman–Crippen MR) is 107 cm³/mol. The lowest BCUT2D eigenvalue weighted by Crippen LogP contribution is -2.15. The summed E-state index contributed by atoms with van der Waals surface area (Å²) in [7, 11) is 1.55. The van der Waals surface area contributed by atoms with Crippen molar-refractivity contribution in [1.29, 1.82) is 5.26 Å². The molecular weight excluding hydrogens is 378 g/mol. The molecule has 0 aliphatic carbocycles. The molecule has 0 fully saturated rings. The van der Waals surface area contributed by atoms with Crippen molar-refractivity contribution in [3.8, 4) is 11.8 Å². The lowest BCUT2D eigenvalue weighted by atomic mass is 10.2. The zero-order valence-corrected chi connectivity index (χ0v) is 15.9. The Kier molecular flexibility index (Phi) is 5.72. The zero-order chi connectivity index (χ0) is 20.1. The molecule has 0 bridgehead atoms. The van der Waals surface area contributed by atoms with Crippen LogP contribution in [-0.4, -0.2) is 23.0 Å². The van der Waals surface area contributed by atoms with E-state index >= 15 is 0 Å². The third kappa shape index (κ3) is 4.55. The highest BCUT2D eigenvalue weighted by molar-refractivity contribution is 6.31. The van der Waals surface area contributed by atoms with Crippen molar-refractivity contribution >= 4 is 34.7 Å². The Morgan fingerprint density at radius 1 is 1.18 bits per heavy atom. The van der Waals surface area contributed by atoms with Crippen LogP contribution in [0, 0.1) is 18.3 Å². The van der Waals surface area contributed by atoms with Crippen LogP contribution in [0.25, 0.3) is 0 Å². The molecule has 0 saturated heterocycles. The van der Waals surface area contributed by atoms with E-state index in [1.807, 2.05) is 6.07 Å². The number of nitrogens with one attached hydrogen (secondary N) is 2. The SMILES string of the molecule is COc1ccc(Cl)cc1Nc1cc(C(=O)Nc2cccc(C#N)c2)nc(C)n1. The Bertz CT molecular complexity index is 1080. The van der Waals surface area contributed by atoms with E-state index in [2.05, 4.69) is 20.6 Å².